The Balaban J connectivity index is 4.49. The van der Waals surface area contributed by atoms with Gasteiger partial charge in [-0.25, -0.2) is 4.79 Å². The summed E-state index contributed by atoms with van der Waals surface area (Å²) in [6.07, 6.45) is -9.07. The number of hydrogen-bond acceptors (Lipinski definition) is 8. The second-order valence-electron chi connectivity index (χ2n) is 4.56. The van der Waals surface area contributed by atoms with E-state index in [4.69, 9.17) is 20.4 Å². The predicted octanol–water partition coefficient (Wildman–Crippen LogP) is -3.58. The molecule has 0 rings (SSSR count). The number of aliphatic hydroxyl groups is 4. The summed E-state index contributed by atoms with van der Waals surface area (Å²) in [5, 5.41) is 65.4. The molecule has 5 atom stereocenters. The molecule has 0 heterocycles. The molecule has 11 nitrogen and oxygen atoms in total. The van der Waals surface area contributed by atoms with Crippen LogP contribution in [0.25, 0.3) is 0 Å². The van der Waals surface area contributed by atoms with E-state index in [9.17, 15) is 29.7 Å². The highest BCUT2D eigenvalue weighted by Gasteiger charge is 2.34. The van der Waals surface area contributed by atoms with Crippen molar-refractivity contribution in [3.05, 3.63) is 0 Å². The van der Waals surface area contributed by atoms with E-state index in [1.165, 1.54) is 0 Å². The third kappa shape index (κ3) is 6.78. The fourth-order valence-electron chi connectivity index (χ4n) is 1.52. The van der Waals surface area contributed by atoms with Gasteiger partial charge in [-0.05, 0) is 6.42 Å². The van der Waals surface area contributed by atoms with Gasteiger partial charge < -0.3 is 41.1 Å². The van der Waals surface area contributed by atoms with Crippen LogP contribution in [0.5, 0.6) is 0 Å². The van der Waals surface area contributed by atoms with Gasteiger partial charge in [-0.3, -0.25) is 9.59 Å². The second kappa shape index (κ2) is 9.27. The summed E-state index contributed by atoms with van der Waals surface area (Å²) in [7, 11) is 0. The number of rotatable bonds is 11. The van der Waals surface area contributed by atoms with Crippen molar-refractivity contribution >= 4 is 17.9 Å². The first-order valence-electron chi connectivity index (χ1n) is 6.21. The van der Waals surface area contributed by atoms with Gasteiger partial charge in [0.15, 0.2) is 6.10 Å². The molecular weight excluding hydrogens is 306 g/mol. The van der Waals surface area contributed by atoms with E-state index in [0.717, 1.165) is 0 Å². The summed E-state index contributed by atoms with van der Waals surface area (Å²) >= 11 is 0. The summed E-state index contributed by atoms with van der Waals surface area (Å²) in [6, 6.07) is -1.32. The minimum absolute atomic E-state index is 0.284. The van der Waals surface area contributed by atoms with Crippen LogP contribution in [0.4, 0.5) is 0 Å². The third-order valence-corrected chi connectivity index (χ3v) is 2.84. The van der Waals surface area contributed by atoms with Crippen LogP contribution in [0.15, 0.2) is 0 Å². The summed E-state index contributed by atoms with van der Waals surface area (Å²) in [5.74, 6) is -4.40. The first kappa shape index (κ1) is 20.2. The van der Waals surface area contributed by atoms with Crippen LogP contribution in [-0.2, 0) is 14.4 Å². The van der Waals surface area contributed by atoms with Crippen LogP contribution in [-0.4, -0.2) is 90.7 Å². The Morgan fingerprint density at radius 1 is 0.864 bits per heavy atom. The average molecular weight is 325 g/mol. The van der Waals surface area contributed by atoms with Gasteiger partial charge in [0.2, 0.25) is 0 Å². The van der Waals surface area contributed by atoms with Gasteiger partial charge in [-0.1, -0.05) is 0 Å². The van der Waals surface area contributed by atoms with Crippen LogP contribution >= 0.6 is 0 Å². The molecule has 0 aromatic heterocycles. The molecular formula is C11H19NO10. The molecule has 0 bridgehead atoms. The van der Waals surface area contributed by atoms with Crippen molar-refractivity contribution in [2.24, 2.45) is 0 Å². The fraction of sp³-hybridized carbons (Fsp3) is 0.727. The van der Waals surface area contributed by atoms with Crippen molar-refractivity contribution < 1.29 is 50.1 Å². The van der Waals surface area contributed by atoms with E-state index in [0.29, 0.717) is 0 Å². The Hall–Kier alpha value is -1.79. The van der Waals surface area contributed by atoms with Gasteiger partial charge >= 0.3 is 17.9 Å². The second-order valence-corrected chi connectivity index (χ2v) is 4.56. The standard InChI is InChI=1S/C11H19NO10/c13-5(7(16)8(17)9(18)11(21)22)3-12-4(10(19)20)1-2-6(14)15/h4-5,7-9,12-13,16-18H,1-3H2,(H,14,15)(H,19,20)(H,21,22)/t4-,5?,7?,8?,9?/m0/s1. The van der Waals surface area contributed by atoms with E-state index in [1.54, 1.807) is 0 Å². The number of carboxylic acid groups (broad SMARTS) is 3. The van der Waals surface area contributed by atoms with Crippen LogP contribution in [0.1, 0.15) is 12.8 Å². The lowest BCUT2D eigenvalue weighted by molar-refractivity contribution is -0.162. The van der Waals surface area contributed by atoms with Gasteiger partial charge in [0.1, 0.15) is 18.2 Å². The Morgan fingerprint density at radius 3 is 1.82 bits per heavy atom. The number of aliphatic carboxylic acids is 3. The molecule has 128 valence electrons. The van der Waals surface area contributed by atoms with Crippen molar-refractivity contribution in [3.63, 3.8) is 0 Å². The largest absolute Gasteiger partial charge is 0.481 e. The lowest BCUT2D eigenvalue weighted by atomic mass is 10.0. The van der Waals surface area contributed by atoms with Gasteiger partial charge in [0.25, 0.3) is 0 Å². The van der Waals surface area contributed by atoms with E-state index >= 15 is 0 Å². The number of carbonyl (C=O) groups is 3. The maximum Gasteiger partial charge on any atom is 0.335 e. The van der Waals surface area contributed by atoms with Crippen molar-refractivity contribution in [1.82, 2.24) is 5.32 Å². The summed E-state index contributed by atoms with van der Waals surface area (Å²) in [4.78, 5) is 31.7. The molecule has 0 aliphatic heterocycles. The average Bonchev–Trinajstić information content (AvgIpc) is 2.43. The highest BCUT2D eigenvalue weighted by atomic mass is 16.4. The molecule has 8 N–H and O–H groups in total. The number of carboxylic acids is 3. The smallest absolute Gasteiger partial charge is 0.335 e. The maximum absolute atomic E-state index is 10.9. The molecule has 0 aromatic rings. The van der Waals surface area contributed by atoms with Crippen molar-refractivity contribution in [3.8, 4) is 0 Å². The molecule has 0 amide bonds. The SMILES string of the molecule is O=C(O)CC[C@H](NCC(O)C(O)C(O)C(O)C(=O)O)C(=O)O. The predicted molar refractivity (Wildman–Crippen MR) is 68.0 cm³/mol. The summed E-state index contributed by atoms with van der Waals surface area (Å²) in [5.41, 5.74) is 0. The van der Waals surface area contributed by atoms with Gasteiger partial charge in [0, 0.05) is 13.0 Å². The first-order valence-corrected chi connectivity index (χ1v) is 6.21. The highest BCUT2D eigenvalue weighted by molar-refractivity contribution is 5.75. The summed E-state index contributed by atoms with van der Waals surface area (Å²) < 4.78 is 0. The molecule has 0 aromatic carbocycles. The van der Waals surface area contributed by atoms with E-state index in [1.807, 2.05) is 0 Å². The van der Waals surface area contributed by atoms with Crippen molar-refractivity contribution in [1.29, 1.82) is 0 Å². The quantitative estimate of drug-likeness (QED) is 0.186. The Bertz CT molecular complexity index is 400. The Labute approximate surface area is 124 Å². The monoisotopic (exact) mass is 325 g/mol. The lowest BCUT2D eigenvalue weighted by Crippen LogP contribution is -2.52. The van der Waals surface area contributed by atoms with E-state index in [2.05, 4.69) is 5.32 Å². The molecule has 0 saturated heterocycles. The minimum atomic E-state index is -2.33. The zero-order valence-electron chi connectivity index (χ0n) is 11.4. The van der Waals surface area contributed by atoms with Gasteiger partial charge in [-0.2, -0.15) is 0 Å². The first-order chi connectivity index (χ1) is 10.1. The fourth-order valence-corrected chi connectivity index (χ4v) is 1.52. The molecule has 11 heteroatoms. The number of nitrogens with one attached hydrogen (secondary N) is 1. The molecule has 0 aliphatic rings. The zero-order chi connectivity index (χ0) is 17.4. The molecule has 0 saturated carbocycles. The Kier molecular flexibility index (Phi) is 8.52. The van der Waals surface area contributed by atoms with Crippen LogP contribution in [0.2, 0.25) is 0 Å². The zero-order valence-corrected chi connectivity index (χ0v) is 11.4. The highest BCUT2D eigenvalue weighted by Crippen LogP contribution is 2.06. The lowest BCUT2D eigenvalue weighted by Gasteiger charge is -2.25. The number of hydrogen-bond donors (Lipinski definition) is 8. The van der Waals surface area contributed by atoms with Crippen molar-refractivity contribution in [2.45, 2.75) is 43.3 Å². The van der Waals surface area contributed by atoms with E-state index < -0.39 is 61.3 Å². The van der Waals surface area contributed by atoms with Gasteiger partial charge in [-0.15, -0.1) is 0 Å². The number of aliphatic hydroxyl groups excluding tert-OH is 4. The molecule has 4 unspecified atom stereocenters. The van der Waals surface area contributed by atoms with Crippen LogP contribution in [0.3, 0.4) is 0 Å². The molecule has 0 fully saturated rings. The molecule has 0 spiro atoms. The third-order valence-electron chi connectivity index (χ3n) is 2.84. The van der Waals surface area contributed by atoms with Crippen LogP contribution in [0, 0.1) is 0 Å². The Morgan fingerprint density at radius 2 is 1.41 bits per heavy atom. The molecule has 22 heavy (non-hydrogen) atoms. The molecule has 0 radical (unpaired) electrons. The normalized spacial score (nSPS) is 18.0. The summed E-state index contributed by atoms with van der Waals surface area (Å²) in [6.45, 7) is -0.568. The van der Waals surface area contributed by atoms with E-state index in [-0.39, 0.29) is 6.42 Å². The van der Waals surface area contributed by atoms with Crippen molar-refractivity contribution in [2.75, 3.05) is 6.54 Å². The van der Waals surface area contributed by atoms with Gasteiger partial charge in [0.05, 0.1) is 6.10 Å². The minimum Gasteiger partial charge on any atom is -0.481 e. The van der Waals surface area contributed by atoms with Crippen LogP contribution < -0.4 is 5.32 Å². The maximum atomic E-state index is 10.9. The molecule has 0 aliphatic carbocycles. The topological polar surface area (TPSA) is 205 Å².